The number of sulfonamides is 1. The number of hydrogen-bond acceptors (Lipinski definition) is 3. The van der Waals surface area contributed by atoms with Crippen LogP contribution in [0, 0.1) is 20.8 Å². The summed E-state index contributed by atoms with van der Waals surface area (Å²) < 4.78 is 26.1. The summed E-state index contributed by atoms with van der Waals surface area (Å²) in [6, 6.07) is 13.4. The van der Waals surface area contributed by atoms with E-state index in [9.17, 15) is 13.2 Å². The van der Waals surface area contributed by atoms with Gasteiger partial charge < -0.3 is 5.32 Å². The van der Waals surface area contributed by atoms with Crippen LogP contribution in [0.3, 0.4) is 0 Å². The second kappa shape index (κ2) is 8.57. The van der Waals surface area contributed by atoms with Crippen molar-refractivity contribution in [2.45, 2.75) is 40.2 Å². The average molecular weight is 389 g/mol. The second-order valence-electron chi connectivity index (χ2n) is 6.96. The van der Waals surface area contributed by atoms with E-state index in [0.717, 1.165) is 34.9 Å². The van der Waals surface area contributed by atoms with Crippen LogP contribution in [-0.4, -0.2) is 27.1 Å². The van der Waals surface area contributed by atoms with Gasteiger partial charge in [0.2, 0.25) is 15.9 Å². The van der Waals surface area contributed by atoms with Crippen LogP contribution >= 0.6 is 0 Å². The Kier molecular flexibility index (Phi) is 6.65. The number of hydrogen-bond donors (Lipinski definition) is 1. The maximum atomic E-state index is 12.7. The minimum absolute atomic E-state index is 0.152. The van der Waals surface area contributed by atoms with Crippen molar-refractivity contribution in [1.82, 2.24) is 5.32 Å². The molecule has 0 spiro atoms. The summed E-state index contributed by atoms with van der Waals surface area (Å²) in [6.07, 6.45) is 1.85. The molecule has 0 fully saturated rings. The van der Waals surface area contributed by atoms with E-state index < -0.39 is 10.0 Å². The number of carbonyl (C=O) groups is 1. The van der Waals surface area contributed by atoms with E-state index in [2.05, 4.69) is 5.32 Å². The number of nitrogens with one attached hydrogen (secondary N) is 1. The molecule has 2 rings (SSSR count). The zero-order valence-electron chi connectivity index (χ0n) is 16.6. The van der Waals surface area contributed by atoms with Crippen molar-refractivity contribution in [2.24, 2.45) is 0 Å². The molecule has 0 radical (unpaired) electrons. The first-order chi connectivity index (χ1) is 12.6. The third kappa shape index (κ3) is 5.32. The first-order valence-electron chi connectivity index (χ1n) is 9.03. The lowest BCUT2D eigenvalue weighted by molar-refractivity contribution is -0.120. The lowest BCUT2D eigenvalue weighted by atomic mass is 10.0. The van der Waals surface area contributed by atoms with Crippen LogP contribution < -0.4 is 9.62 Å². The zero-order chi connectivity index (χ0) is 20.2. The summed E-state index contributed by atoms with van der Waals surface area (Å²) in [7, 11) is -3.61. The Balaban J connectivity index is 2.29. The fourth-order valence-corrected chi connectivity index (χ4v) is 4.38. The van der Waals surface area contributed by atoms with Gasteiger partial charge in [-0.1, -0.05) is 55.0 Å². The van der Waals surface area contributed by atoms with E-state index in [0.29, 0.717) is 5.69 Å². The van der Waals surface area contributed by atoms with Gasteiger partial charge in [-0.2, -0.15) is 0 Å². The van der Waals surface area contributed by atoms with Gasteiger partial charge in [0, 0.05) is 0 Å². The van der Waals surface area contributed by atoms with Gasteiger partial charge in [-0.15, -0.1) is 0 Å². The molecule has 6 heteroatoms. The summed E-state index contributed by atoms with van der Waals surface area (Å²) in [5, 5.41) is 2.96. The average Bonchev–Trinajstić information content (AvgIpc) is 2.58. The molecule has 0 bridgehead atoms. The van der Waals surface area contributed by atoms with Crippen molar-refractivity contribution in [1.29, 1.82) is 0 Å². The molecule has 0 heterocycles. The van der Waals surface area contributed by atoms with Gasteiger partial charge in [0.1, 0.15) is 6.54 Å². The van der Waals surface area contributed by atoms with Crippen molar-refractivity contribution in [3.05, 3.63) is 64.7 Å². The lowest BCUT2D eigenvalue weighted by Gasteiger charge is -2.27. The molecule has 2 aromatic rings. The summed E-state index contributed by atoms with van der Waals surface area (Å²) in [6.45, 7) is 7.44. The van der Waals surface area contributed by atoms with Crippen molar-refractivity contribution in [3.8, 4) is 0 Å². The fourth-order valence-electron chi connectivity index (χ4n) is 3.40. The van der Waals surface area contributed by atoms with Gasteiger partial charge >= 0.3 is 0 Å². The predicted octanol–water partition coefficient (Wildman–Crippen LogP) is 3.65. The Morgan fingerprint density at radius 3 is 2.11 bits per heavy atom. The number of anilines is 1. The maximum Gasteiger partial charge on any atom is 0.241 e. The molecule has 0 saturated carbocycles. The molecule has 0 aliphatic heterocycles. The number of aryl methyl sites for hydroxylation is 3. The molecule has 0 saturated heterocycles. The van der Waals surface area contributed by atoms with Crippen molar-refractivity contribution >= 4 is 21.6 Å². The standard InChI is InChI=1S/C21H28N2O3S/c1-6-19(18-10-8-7-9-11-18)22-20(24)14-23(27(5,25)26)21-16(3)12-15(2)13-17(21)4/h7-13,19H,6,14H2,1-5H3,(H,22,24). The summed E-state index contributed by atoms with van der Waals surface area (Å²) in [5.41, 5.74) is 4.30. The van der Waals surface area contributed by atoms with Crippen LogP contribution in [0.15, 0.2) is 42.5 Å². The highest BCUT2D eigenvalue weighted by Gasteiger charge is 2.25. The zero-order valence-corrected chi connectivity index (χ0v) is 17.4. The number of carbonyl (C=O) groups excluding carboxylic acids is 1. The van der Waals surface area contributed by atoms with Crippen LogP contribution in [0.5, 0.6) is 0 Å². The van der Waals surface area contributed by atoms with Crippen molar-refractivity contribution in [2.75, 3.05) is 17.1 Å². The Morgan fingerprint density at radius 1 is 1.07 bits per heavy atom. The fraction of sp³-hybridized carbons (Fsp3) is 0.381. The molecule has 5 nitrogen and oxygen atoms in total. The third-order valence-corrected chi connectivity index (χ3v) is 5.63. The molecule has 1 N–H and O–H groups in total. The van der Waals surface area contributed by atoms with E-state index in [1.54, 1.807) is 0 Å². The molecule has 146 valence electrons. The van der Waals surface area contributed by atoms with Crippen LogP contribution in [0.2, 0.25) is 0 Å². The topological polar surface area (TPSA) is 66.5 Å². The summed E-state index contributed by atoms with van der Waals surface area (Å²) in [4.78, 5) is 12.7. The molecule has 0 aromatic heterocycles. The monoisotopic (exact) mass is 388 g/mol. The first kappa shape index (κ1) is 21.0. The summed E-state index contributed by atoms with van der Waals surface area (Å²) >= 11 is 0. The largest absolute Gasteiger partial charge is 0.348 e. The molecule has 0 aliphatic carbocycles. The van der Waals surface area contributed by atoms with Crippen LogP contribution in [0.25, 0.3) is 0 Å². The lowest BCUT2D eigenvalue weighted by Crippen LogP contribution is -2.42. The first-order valence-corrected chi connectivity index (χ1v) is 10.9. The van der Waals surface area contributed by atoms with Crippen molar-refractivity contribution in [3.63, 3.8) is 0 Å². The molecular formula is C21H28N2O3S. The third-order valence-electron chi connectivity index (χ3n) is 4.52. The van der Waals surface area contributed by atoms with Crippen LogP contribution in [0.4, 0.5) is 5.69 Å². The van der Waals surface area contributed by atoms with E-state index in [1.807, 2.05) is 70.2 Å². The van der Waals surface area contributed by atoms with E-state index >= 15 is 0 Å². The van der Waals surface area contributed by atoms with Gasteiger partial charge in [0.25, 0.3) is 0 Å². The molecule has 0 aliphatic rings. The molecular weight excluding hydrogens is 360 g/mol. The van der Waals surface area contributed by atoms with Gasteiger partial charge in [0.15, 0.2) is 0 Å². The highest BCUT2D eigenvalue weighted by atomic mass is 32.2. The predicted molar refractivity (Wildman–Crippen MR) is 110 cm³/mol. The Bertz CT molecular complexity index is 885. The van der Waals surface area contributed by atoms with E-state index in [4.69, 9.17) is 0 Å². The quantitative estimate of drug-likeness (QED) is 0.787. The molecule has 1 amide bonds. The minimum Gasteiger partial charge on any atom is -0.348 e. The van der Waals surface area contributed by atoms with E-state index in [-0.39, 0.29) is 18.5 Å². The number of nitrogens with zero attached hydrogens (tertiary/aromatic N) is 1. The van der Waals surface area contributed by atoms with Gasteiger partial charge in [-0.05, 0) is 43.9 Å². The number of benzene rings is 2. The van der Waals surface area contributed by atoms with Crippen LogP contribution in [0.1, 0.15) is 41.6 Å². The highest BCUT2D eigenvalue weighted by molar-refractivity contribution is 7.92. The Morgan fingerprint density at radius 2 is 1.63 bits per heavy atom. The number of rotatable bonds is 7. The maximum absolute atomic E-state index is 12.7. The molecule has 2 aromatic carbocycles. The van der Waals surface area contributed by atoms with Crippen molar-refractivity contribution < 1.29 is 13.2 Å². The molecule has 27 heavy (non-hydrogen) atoms. The van der Waals surface area contributed by atoms with E-state index in [1.165, 1.54) is 4.31 Å². The molecule has 1 unspecified atom stereocenters. The van der Waals surface area contributed by atoms with Crippen LogP contribution in [-0.2, 0) is 14.8 Å². The highest BCUT2D eigenvalue weighted by Crippen LogP contribution is 2.28. The SMILES string of the molecule is CCC(NC(=O)CN(c1c(C)cc(C)cc1C)S(C)(=O)=O)c1ccccc1. The van der Waals surface area contributed by atoms with Gasteiger partial charge in [-0.25, -0.2) is 8.42 Å². The second-order valence-corrected chi connectivity index (χ2v) is 8.86. The minimum atomic E-state index is -3.61. The molecule has 1 atom stereocenters. The summed E-state index contributed by atoms with van der Waals surface area (Å²) in [5.74, 6) is -0.324. The van der Waals surface area contributed by atoms with Gasteiger partial charge in [0.05, 0.1) is 18.0 Å². The normalized spacial score (nSPS) is 12.5. The number of amides is 1. The Labute approximate surface area is 162 Å². The smallest absolute Gasteiger partial charge is 0.241 e. The van der Waals surface area contributed by atoms with Gasteiger partial charge in [-0.3, -0.25) is 9.10 Å². The Hall–Kier alpha value is -2.34.